The van der Waals surface area contributed by atoms with Crippen LogP contribution in [0.4, 0.5) is 5.69 Å². The van der Waals surface area contributed by atoms with E-state index in [4.69, 9.17) is 4.98 Å². The third-order valence-electron chi connectivity index (χ3n) is 3.80. The van der Waals surface area contributed by atoms with Gasteiger partial charge < -0.3 is 9.30 Å². The Labute approximate surface area is 126 Å². The quantitative estimate of drug-likeness (QED) is 0.716. The summed E-state index contributed by atoms with van der Waals surface area (Å²) < 4.78 is 3.14. The number of fused-ring (bicyclic) bond motifs is 2. The average molecular weight is 328 g/mol. The molecule has 0 atom stereocenters. The summed E-state index contributed by atoms with van der Waals surface area (Å²) in [7, 11) is 0. The van der Waals surface area contributed by atoms with E-state index >= 15 is 0 Å². The third kappa shape index (κ3) is 2.00. The van der Waals surface area contributed by atoms with Crippen LogP contribution >= 0.6 is 15.9 Å². The molecule has 0 N–H and O–H groups in total. The van der Waals surface area contributed by atoms with Gasteiger partial charge in [-0.25, -0.2) is 4.98 Å². The lowest BCUT2D eigenvalue weighted by Gasteiger charge is -2.17. The molecule has 100 valence electrons. The molecule has 0 aliphatic carbocycles. The van der Waals surface area contributed by atoms with Gasteiger partial charge >= 0.3 is 0 Å². The first kappa shape index (κ1) is 12.0. The van der Waals surface area contributed by atoms with Crippen LogP contribution in [-0.2, 0) is 13.0 Å². The minimum atomic E-state index is 0.871. The fourth-order valence-corrected chi connectivity index (χ4v) is 3.21. The smallest absolute Gasteiger partial charge is 0.137 e. The fourth-order valence-electron chi connectivity index (χ4n) is 2.86. The second kappa shape index (κ2) is 4.63. The normalized spacial score (nSPS) is 13.9. The summed E-state index contributed by atoms with van der Waals surface area (Å²) >= 11 is 3.49. The van der Waals surface area contributed by atoms with Gasteiger partial charge in [0.25, 0.3) is 0 Å². The second-order valence-corrected chi connectivity index (χ2v) is 6.06. The SMILES string of the molecule is Brc1ccc2nc(CN3CCc4ccccc43)cn2c1. The molecule has 0 bridgehead atoms. The Kier molecular flexibility index (Phi) is 2.77. The highest BCUT2D eigenvalue weighted by Crippen LogP contribution is 2.28. The summed E-state index contributed by atoms with van der Waals surface area (Å²) in [5.41, 5.74) is 4.90. The van der Waals surface area contributed by atoms with Crippen LogP contribution in [0.5, 0.6) is 0 Å². The van der Waals surface area contributed by atoms with Crippen molar-refractivity contribution in [1.29, 1.82) is 0 Å². The van der Waals surface area contributed by atoms with Crippen LogP contribution in [0.1, 0.15) is 11.3 Å². The number of aromatic nitrogens is 2. The first-order valence-corrected chi connectivity index (χ1v) is 7.55. The molecule has 0 fully saturated rings. The molecule has 0 spiro atoms. The molecule has 3 heterocycles. The average Bonchev–Trinajstić information content (AvgIpc) is 3.03. The largest absolute Gasteiger partial charge is 0.365 e. The van der Waals surface area contributed by atoms with Gasteiger partial charge in [0, 0.05) is 29.1 Å². The number of hydrogen-bond acceptors (Lipinski definition) is 2. The molecule has 1 aromatic carbocycles. The van der Waals surface area contributed by atoms with E-state index in [1.807, 2.05) is 18.3 Å². The zero-order valence-corrected chi connectivity index (χ0v) is 12.5. The van der Waals surface area contributed by atoms with E-state index in [0.29, 0.717) is 0 Å². The number of anilines is 1. The summed E-state index contributed by atoms with van der Waals surface area (Å²) in [6, 6.07) is 12.7. The van der Waals surface area contributed by atoms with Crippen molar-refractivity contribution in [3.63, 3.8) is 0 Å². The standard InChI is InChI=1S/C16H14BrN3/c17-13-5-6-16-18-14(11-20(16)9-13)10-19-8-7-12-3-1-2-4-15(12)19/h1-6,9,11H,7-8,10H2. The molecule has 20 heavy (non-hydrogen) atoms. The summed E-state index contributed by atoms with van der Waals surface area (Å²) in [6.07, 6.45) is 5.29. The van der Waals surface area contributed by atoms with Crippen LogP contribution in [0, 0.1) is 0 Å². The van der Waals surface area contributed by atoms with E-state index in [9.17, 15) is 0 Å². The highest BCUT2D eigenvalue weighted by atomic mass is 79.9. The van der Waals surface area contributed by atoms with Crippen LogP contribution < -0.4 is 4.90 Å². The Balaban J connectivity index is 1.65. The number of benzene rings is 1. The van der Waals surface area contributed by atoms with Crippen molar-refractivity contribution >= 4 is 27.3 Å². The molecule has 4 rings (SSSR count). The van der Waals surface area contributed by atoms with E-state index < -0.39 is 0 Å². The number of halogens is 1. The van der Waals surface area contributed by atoms with Crippen LogP contribution in [0.25, 0.3) is 5.65 Å². The van der Waals surface area contributed by atoms with Gasteiger partial charge in [-0.15, -0.1) is 0 Å². The highest BCUT2D eigenvalue weighted by Gasteiger charge is 2.19. The number of hydrogen-bond donors (Lipinski definition) is 0. The van der Waals surface area contributed by atoms with Crippen molar-refractivity contribution in [2.75, 3.05) is 11.4 Å². The van der Waals surface area contributed by atoms with Gasteiger partial charge in [0.2, 0.25) is 0 Å². The molecule has 0 radical (unpaired) electrons. The second-order valence-electron chi connectivity index (χ2n) is 5.15. The number of pyridine rings is 1. The van der Waals surface area contributed by atoms with Crippen LogP contribution in [-0.4, -0.2) is 15.9 Å². The van der Waals surface area contributed by atoms with E-state index in [0.717, 1.165) is 35.3 Å². The van der Waals surface area contributed by atoms with Crippen molar-refractivity contribution in [2.45, 2.75) is 13.0 Å². The first-order chi connectivity index (χ1) is 9.79. The van der Waals surface area contributed by atoms with Crippen molar-refractivity contribution in [2.24, 2.45) is 0 Å². The molecule has 1 aliphatic heterocycles. The van der Waals surface area contributed by atoms with Crippen molar-refractivity contribution < 1.29 is 0 Å². The first-order valence-electron chi connectivity index (χ1n) is 6.75. The van der Waals surface area contributed by atoms with Gasteiger partial charge in [0.05, 0.1) is 12.2 Å². The number of nitrogens with zero attached hydrogens (tertiary/aromatic N) is 3. The molecule has 0 saturated heterocycles. The van der Waals surface area contributed by atoms with E-state index in [1.54, 1.807) is 0 Å². The minimum absolute atomic E-state index is 0.871. The maximum atomic E-state index is 4.69. The van der Waals surface area contributed by atoms with Crippen molar-refractivity contribution in [3.8, 4) is 0 Å². The maximum Gasteiger partial charge on any atom is 0.137 e. The van der Waals surface area contributed by atoms with Gasteiger partial charge in [0.1, 0.15) is 5.65 Å². The van der Waals surface area contributed by atoms with E-state index in [2.05, 4.69) is 55.7 Å². The summed E-state index contributed by atoms with van der Waals surface area (Å²) in [4.78, 5) is 7.10. The lowest BCUT2D eigenvalue weighted by atomic mass is 10.2. The monoisotopic (exact) mass is 327 g/mol. The fraction of sp³-hybridized carbons (Fsp3) is 0.188. The van der Waals surface area contributed by atoms with Gasteiger partial charge in [-0.1, -0.05) is 18.2 Å². The van der Waals surface area contributed by atoms with Crippen LogP contribution in [0.2, 0.25) is 0 Å². The number of para-hydroxylation sites is 1. The minimum Gasteiger partial charge on any atom is -0.365 e. The summed E-state index contributed by atoms with van der Waals surface area (Å²) in [5, 5.41) is 0. The van der Waals surface area contributed by atoms with Crippen LogP contribution in [0.3, 0.4) is 0 Å². The van der Waals surface area contributed by atoms with E-state index in [-0.39, 0.29) is 0 Å². The molecule has 1 aliphatic rings. The lowest BCUT2D eigenvalue weighted by molar-refractivity contribution is 0.820. The molecule has 3 nitrogen and oxygen atoms in total. The maximum absolute atomic E-state index is 4.69. The van der Waals surface area contributed by atoms with Gasteiger partial charge in [0.15, 0.2) is 0 Å². The molecule has 0 unspecified atom stereocenters. The zero-order valence-electron chi connectivity index (χ0n) is 11.0. The molecule has 0 amide bonds. The third-order valence-corrected chi connectivity index (χ3v) is 4.27. The van der Waals surface area contributed by atoms with Crippen molar-refractivity contribution in [3.05, 3.63) is 64.5 Å². The molecule has 2 aromatic heterocycles. The number of rotatable bonds is 2. The van der Waals surface area contributed by atoms with Crippen molar-refractivity contribution in [1.82, 2.24) is 9.38 Å². The Morgan fingerprint density at radius 3 is 2.95 bits per heavy atom. The topological polar surface area (TPSA) is 20.5 Å². The summed E-state index contributed by atoms with van der Waals surface area (Å²) in [5.74, 6) is 0. The Hall–Kier alpha value is -1.81. The zero-order chi connectivity index (χ0) is 13.5. The predicted octanol–water partition coefficient (Wildman–Crippen LogP) is 3.66. The molecular formula is C16H14BrN3. The van der Waals surface area contributed by atoms with Gasteiger partial charge in [-0.2, -0.15) is 0 Å². The summed E-state index contributed by atoms with van der Waals surface area (Å²) in [6.45, 7) is 1.95. The van der Waals surface area contributed by atoms with Gasteiger partial charge in [-0.05, 0) is 46.1 Å². The lowest BCUT2D eigenvalue weighted by Crippen LogP contribution is -2.19. The Morgan fingerprint density at radius 1 is 1.10 bits per heavy atom. The Morgan fingerprint density at radius 2 is 2.00 bits per heavy atom. The molecular weight excluding hydrogens is 314 g/mol. The molecule has 4 heteroatoms. The molecule has 0 saturated carbocycles. The highest BCUT2D eigenvalue weighted by molar-refractivity contribution is 9.10. The predicted molar refractivity (Wildman–Crippen MR) is 84.1 cm³/mol. The van der Waals surface area contributed by atoms with Crippen LogP contribution in [0.15, 0.2) is 53.3 Å². The van der Waals surface area contributed by atoms with Gasteiger partial charge in [-0.3, -0.25) is 0 Å². The van der Waals surface area contributed by atoms with E-state index in [1.165, 1.54) is 11.3 Å². The molecule has 3 aromatic rings. The number of imidazole rings is 1. The Bertz CT molecular complexity index is 778.